The summed E-state index contributed by atoms with van der Waals surface area (Å²) >= 11 is 1.44. The fourth-order valence-corrected chi connectivity index (χ4v) is 5.15. The van der Waals surface area contributed by atoms with E-state index in [1.54, 1.807) is 6.07 Å². The molecule has 1 aromatic heterocycles. The first-order valence-electron chi connectivity index (χ1n) is 9.93. The van der Waals surface area contributed by atoms with Gasteiger partial charge in [0.25, 0.3) is 0 Å². The van der Waals surface area contributed by atoms with Crippen LogP contribution in [-0.4, -0.2) is 33.6 Å². The Labute approximate surface area is 175 Å². The number of nitrogens with zero attached hydrogens (tertiary/aromatic N) is 4. The molecule has 6 nitrogen and oxygen atoms in total. The van der Waals surface area contributed by atoms with Gasteiger partial charge in [-0.2, -0.15) is 5.10 Å². The second kappa shape index (κ2) is 7.57. The van der Waals surface area contributed by atoms with E-state index in [1.165, 1.54) is 17.8 Å². The number of aliphatic hydroxyl groups is 1. The van der Waals surface area contributed by atoms with Gasteiger partial charge < -0.3 is 20.6 Å². The molecule has 8 heteroatoms. The van der Waals surface area contributed by atoms with Crippen LogP contribution in [0.25, 0.3) is 0 Å². The normalized spacial score (nSPS) is 25.3. The molecule has 3 heterocycles. The minimum atomic E-state index is -0.644. The van der Waals surface area contributed by atoms with Crippen molar-refractivity contribution in [1.82, 2.24) is 9.78 Å². The number of nitrogens with two attached hydrogens (primary N) is 1. The molecule has 2 aromatic rings. The molecule has 1 aromatic carbocycles. The van der Waals surface area contributed by atoms with E-state index in [1.807, 2.05) is 48.9 Å². The molecule has 0 bridgehead atoms. The lowest BCUT2D eigenvalue weighted by Gasteiger charge is -2.30. The van der Waals surface area contributed by atoms with Crippen molar-refractivity contribution in [1.29, 1.82) is 0 Å². The third-order valence-corrected chi connectivity index (χ3v) is 6.80. The highest BCUT2D eigenvalue weighted by Gasteiger charge is 2.34. The smallest absolute Gasteiger partial charge is 0.150 e. The fraction of sp³-hybridized carbons (Fsp3) is 0.476. The van der Waals surface area contributed by atoms with Gasteiger partial charge in [0.2, 0.25) is 0 Å². The van der Waals surface area contributed by atoms with Gasteiger partial charge in [-0.05, 0) is 39.2 Å². The second-order valence-corrected chi connectivity index (χ2v) is 9.40. The van der Waals surface area contributed by atoms with E-state index >= 15 is 0 Å². The molecule has 156 valence electrons. The van der Waals surface area contributed by atoms with Crippen LogP contribution in [0.4, 0.5) is 15.9 Å². The lowest BCUT2D eigenvalue weighted by Crippen LogP contribution is -2.31. The Morgan fingerprint density at radius 3 is 2.90 bits per heavy atom. The standard InChI is InChI=1S/C21H28FN5OS/c1-14-5-6-16(22)15(11-14)20-27(13-18(23)29-20)17-12-24-25(3)19(17)26-9-4-7-21(2,28)8-10-26/h5-6,11-13,20,28H,4,7-10,23H2,1-3H3. The van der Waals surface area contributed by atoms with Crippen molar-refractivity contribution in [2.45, 2.75) is 44.1 Å². The molecule has 2 aliphatic heterocycles. The van der Waals surface area contributed by atoms with Crippen molar-refractivity contribution in [3.63, 3.8) is 0 Å². The Balaban J connectivity index is 1.71. The van der Waals surface area contributed by atoms with Crippen LogP contribution in [0.5, 0.6) is 0 Å². The SMILES string of the molecule is Cc1ccc(F)c(C2SC(N)=CN2c2cnn(C)c2N2CCCC(C)(O)CC2)c1. The van der Waals surface area contributed by atoms with Gasteiger partial charge in [-0.25, -0.2) is 4.39 Å². The minimum absolute atomic E-state index is 0.238. The lowest BCUT2D eigenvalue weighted by atomic mass is 9.98. The second-order valence-electron chi connectivity index (χ2n) is 8.25. The third kappa shape index (κ3) is 3.96. The van der Waals surface area contributed by atoms with Gasteiger partial charge in [-0.1, -0.05) is 29.5 Å². The van der Waals surface area contributed by atoms with Crippen LogP contribution in [0.1, 0.15) is 42.7 Å². The first-order valence-corrected chi connectivity index (χ1v) is 10.8. The minimum Gasteiger partial charge on any atom is -0.392 e. The Morgan fingerprint density at radius 1 is 1.31 bits per heavy atom. The summed E-state index contributed by atoms with van der Waals surface area (Å²) in [6.45, 7) is 5.44. The summed E-state index contributed by atoms with van der Waals surface area (Å²) in [5.41, 5.74) is 8.03. The van der Waals surface area contributed by atoms with Crippen LogP contribution in [0.2, 0.25) is 0 Å². The molecule has 0 saturated carbocycles. The van der Waals surface area contributed by atoms with E-state index in [4.69, 9.17) is 5.73 Å². The number of hydrogen-bond acceptors (Lipinski definition) is 6. The molecule has 0 amide bonds. The maximum atomic E-state index is 14.7. The molecule has 29 heavy (non-hydrogen) atoms. The number of rotatable bonds is 3. The van der Waals surface area contributed by atoms with E-state index < -0.39 is 5.60 Å². The predicted molar refractivity (Wildman–Crippen MR) is 116 cm³/mol. The van der Waals surface area contributed by atoms with E-state index in [2.05, 4.69) is 10.00 Å². The summed E-state index contributed by atoms with van der Waals surface area (Å²) in [7, 11) is 1.92. The van der Waals surface area contributed by atoms with E-state index in [-0.39, 0.29) is 11.2 Å². The largest absolute Gasteiger partial charge is 0.392 e. The Morgan fingerprint density at radius 2 is 2.10 bits per heavy atom. The zero-order chi connectivity index (χ0) is 20.8. The van der Waals surface area contributed by atoms with Crippen molar-refractivity contribution in [3.05, 3.63) is 52.6 Å². The molecule has 3 N–H and O–H groups in total. The van der Waals surface area contributed by atoms with Crippen LogP contribution < -0.4 is 15.5 Å². The molecule has 2 unspecified atom stereocenters. The third-order valence-electron chi connectivity index (χ3n) is 5.71. The van der Waals surface area contributed by atoms with Gasteiger partial charge in [0.05, 0.1) is 16.8 Å². The highest BCUT2D eigenvalue weighted by atomic mass is 32.2. The van der Waals surface area contributed by atoms with Crippen molar-refractivity contribution in [2.24, 2.45) is 12.8 Å². The number of aromatic nitrogens is 2. The molecule has 0 radical (unpaired) electrons. The molecular weight excluding hydrogens is 389 g/mol. The van der Waals surface area contributed by atoms with E-state index in [9.17, 15) is 9.50 Å². The highest BCUT2D eigenvalue weighted by molar-refractivity contribution is 8.03. The topological polar surface area (TPSA) is 70.5 Å². The average molecular weight is 418 g/mol. The van der Waals surface area contributed by atoms with Crippen molar-refractivity contribution >= 4 is 23.3 Å². The van der Waals surface area contributed by atoms with Gasteiger partial charge in [0.15, 0.2) is 5.82 Å². The van der Waals surface area contributed by atoms with Crippen molar-refractivity contribution in [2.75, 3.05) is 22.9 Å². The Hall–Kier alpha value is -2.19. The van der Waals surface area contributed by atoms with Crippen LogP contribution >= 0.6 is 11.8 Å². The number of anilines is 2. The molecule has 0 aliphatic carbocycles. The fourth-order valence-electron chi connectivity index (χ4n) is 4.13. The van der Waals surface area contributed by atoms with Gasteiger partial charge in [0, 0.05) is 31.9 Å². The molecule has 2 aliphatic rings. The lowest BCUT2D eigenvalue weighted by molar-refractivity contribution is 0.0481. The number of aryl methyl sites for hydroxylation is 2. The van der Waals surface area contributed by atoms with Gasteiger partial charge >= 0.3 is 0 Å². The molecule has 4 rings (SSSR count). The first-order chi connectivity index (χ1) is 13.7. The maximum Gasteiger partial charge on any atom is 0.150 e. The molecule has 2 atom stereocenters. The van der Waals surface area contributed by atoms with Crippen molar-refractivity contribution < 1.29 is 9.50 Å². The molecule has 0 spiro atoms. The Kier molecular flexibility index (Phi) is 5.25. The quantitative estimate of drug-likeness (QED) is 0.795. The molecular formula is C21H28FN5OS. The maximum absolute atomic E-state index is 14.7. The monoisotopic (exact) mass is 417 g/mol. The van der Waals surface area contributed by atoms with Crippen LogP contribution in [0.3, 0.4) is 0 Å². The zero-order valence-electron chi connectivity index (χ0n) is 17.1. The molecule has 1 saturated heterocycles. The Bertz CT molecular complexity index is 941. The summed E-state index contributed by atoms with van der Waals surface area (Å²) in [4.78, 5) is 4.28. The summed E-state index contributed by atoms with van der Waals surface area (Å²) in [5.74, 6) is 0.727. The van der Waals surface area contributed by atoms with E-state index in [0.717, 1.165) is 43.0 Å². The van der Waals surface area contributed by atoms with Crippen molar-refractivity contribution in [3.8, 4) is 0 Å². The first kappa shape index (κ1) is 20.1. The van der Waals surface area contributed by atoms with Gasteiger partial charge in [-0.15, -0.1) is 0 Å². The number of hydrogen-bond donors (Lipinski definition) is 2. The van der Waals surface area contributed by atoms with Crippen LogP contribution in [0.15, 0.2) is 35.6 Å². The van der Waals surface area contributed by atoms with E-state index in [0.29, 0.717) is 17.0 Å². The van der Waals surface area contributed by atoms with Crippen LogP contribution in [-0.2, 0) is 7.05 Å². The predicted octanol–water partition coefficient (Wildman–Crippen LogP) is 3.62. The summed E-state index contributed by atoms with van der Waals surface area (Å²) in [6.07, 6.45) is 6.06. The number of halogens is 1. The summed E-state index contributed by atoms with van der Waals surface area (Å²) in [5, 5.41) is 15.3. The van der Waals surface area contributed by atoms with Gasteiger partial charge in [0.1, 0.15) is 16.9 Å². The number of benzene rings is 1. The van der Waals surface area contributed by atoms with Crippen LogP contribution in [0, 0.1) is 12.7 Å². The summed E-state index contributed by atoms with van der Waals surface area (Å²) < 4.78 is 16.5. The zero-order valence-corrected chi connectivity index (χ0v) is 17.9. The average Bonchev–Trinajstić information content (AvgIpc) is 3.17. The number of thioether (sulfide) groups is 1. The summed E-state index contributed by atoms with van der Waals surface area (Å²) in [6, 6.07) is 5.17. The highest BCUT2D eigenvalue weighted by Crippen LogP contribution is 2.48. The van der Waals surface area contributed by atoms with Gasteiger partial charge in [-0.3, -0.25) is 4.68 Å². The molecule has 1 fully saturated rings.